The van der Waals surface area contributed by atoms with E-state index < -0.39 is 0 Å². The molecule has 1 atom stereocenters. The molecule has 1 saturated heterocycles. The summed E-state index contributed by atoms with van der Waals surface area (Å²) in [5.74, 6) is 0.320. The second kappa shape index (κ2) is 3.54. The first kappa shape index (κ1) is 9.97. The average Bonchev–Trinajstić information content (AvgIpc) is 2.15. The van der Waals surface area contributed by atoms with Crippen molar-refractivity contribution in [3.8, 4) is 0 Å². The molecule has 0 spiro atoms. The van der Waals surface area contributed by atoms with Crippen molar-refractivity contribution in [3.05, 3.63) is 0 Å². The van der Waals surface area contributed by atoms with Crippen LogP contribution in [-0.4, -0.2) is 36.0 Å². The summed E-state index contributed by atoms with van der Waals surface area (Å²) in [6.45, 7) is 3.19. The topological polar surface area (TPSA) is 32.3 Å². The zero-order valence-electron chi connectivity index (χ0n) is 9.18. The highest BCUT2D eigenvalue weighted by atomic mass is 16.2. The van der Waals surface area contributed by atoms with E-state index in [2.05, 4.69) is 17.1 Å². The van der Waals surface area contributed by atoms with Crippen molar-refractivity contribution in [1.82, 2.24) is 10.2 Å². The monoisotopic (exact) mass is 196 g/mol. The third-order valence-electron chi connectivity index (χ3n) is 3.87. The standard InChI is InChI=1S/C11H20N2O/c1-11(6-4-7-11)13-8-3-5-9(12-2)10(13)14/h9,12H,3-8H2,1-2H3. The van der Waals surface area contributed by atoms with Crippen molar-refractivity contribution in [3.63, 3.8) is 0 Å². The number of rotatable bonds is 2. The fourth-order valence-electron chi connectivity index (χ4n) is 2.64. The van der Waals surface area contributed by atoms with Gasteiger partial charge in [0.05, 0.1) is 6.04 Å². The van der Waals surface area contributed by atoms with E-state index >= 15 is 0 Å². The normalized spacial score (nSPS) is 31.4. The zero-order chi connectivity index (χ0) is 10.2. The van der Waals surface area contributed by atoms with Crippen LogP contribution in [0.15, 0.2) is 0 Å². The van der Waals surface area contributed by atoms with Crippen LogP contribution in [0.1, 0.15) is 39.0 Å². The molecule has 1 amide bonds. The summed E-state index contributed by atoms with van der Waals surface area (Å²) < 4.78 is 0. The predicted molar refractivity (Wildman–Crippen MR) is 56.1 cm³/mol. The number of carbonyl (C=O) groups is 1. The molecule has 0 radical (unpaired) electrons. The van der Waals surface area contributed by atoms with Crippen LogP contribution in [0.2, 0.25) is 0 Å². The number of carbonyl (C=O) groups excluding carboxylic acids is 1. The van der Waals surface area contributed by atoms with Crippen LogP contribution >= 0.6 is 0 Å². The van der Waals surface area contributed by atoms with E-state index in [1.165, 1.54) is 19.3 Å². The van der Waals surface area contributed by atoms with Gasteiger partial charge in [-0.1, -0.05) is 0 Å². The number of nitrogens with zero attached hydrogens (tertiary/aromatic N) is 1. The van der Waals surface area contributed by atoms with Crippen molar-refractivity contribution in [2.45, 2.75) is 50.6 Å². The summed E-state index contributed by atoms with van der Waals surface area (Å²) in [4.78, 5) is 14.2. The molecule has 80 valence electrons. The van der Waals surface area contributed by atoms with Gasteiger partial charge in [-0.3, -0.25) is 4.79 Å². The van der Waals surface area contributed by atoms with E-state index in [0.29, 0.717) is 5.91 Å². The molecule has 1 saturated carbocycles. The maximum atomic E-state index is 12.1. The maximum Gasteiger partial charge on any atom is 0.240 e. The van der Waals surface area contributed by atoms with Crippen LogP contribution in [0.3, 0.4) is 0 Å². The third-order valence-corrected chi connectivity index (χ3v) is 3.87. The number of likely N-dealkylation sites (tertiary alicyclic amines) is 1. The number of hydrogen-bond donors (Lipinski definition) is 1. The molecule has 1 aliphatic heterocycles. The first-order valence-electron chi connectivity index (χ1n) is 5.66. The molecule has 0 aromatic rings. The minimum Gasteiger partial charge on any atom is -0.336 e. The SMILES string of the molecule is CNC1CCCN(C2(C)CCC2)C1=O. The first-order valence-corrected chi connectivity index (χ1v) is 5.66. The smallest absolute Gasteiger partial charge is 0.240 e. The number of likely N-dealkylation sites (N-methyl/N-ethyl adjacent to an activating group) is 1. The lowest BCUT2D eigenvalue weighted by Crippen LogP contribution is -2.61. The van der Waals surface area contributed by atoms with Gasteiger partial charge in [-0.2, -0.15) is 0 Å². The van der Waals surface area contributed by atoms with Gasteiger partial charge in [0.15, 0.2) is 0 Å². The van der Waals surface area contributed by atoms with Crippen LogP contribution in [0.4, 0.5) is 0 Å². The van der Waals surface area contributed by atoms with Gasteiger partial charge in [0.1, 0.15) is 0 Å². The lowest BCUT2D eigenvalue weighted by Gasteiger charge is -2.50. The van der Waals surface area contributed by atoms with Gasteiger partial charge < -0.3 is 10.2 Å². The van der Waals surface area contributed by atoms with Gasteiger partial charge in [-0.15, -0.1) is 0 Å². The molecule has 3 nitrogen and oxygen atoms in total. The molecule has 2 rings (SSSR count). The van der Waals surface area contributed by atoms with Crippen molar-refractivity contribution in [2.24, 2.45) is 0 Å². The molecule has 14 heavy (non-hydrogen) atoms. The molecular formula is C11H20N2O. The van der Waals surface area contributed by atoms with Crippen molar-refractivity contribution in [1.29, 1.82) is 0 Å². The second-order valence-corrected chi connectivity index (χ2v) is 4.82. The molecule has 0 aromatic carbocycles. The highest BCUT2D eigenvalue weighted by molar-refractivity contribution is 5.83. The lowest BCUT2D eigenvalue weighted by molar-refractivity contribution is -0.146. The minimum atomic E-state index is 0.0705. The molecule has 2 aliphatic rings. The summed E-state index contributed by atoms with van der Waals surface area (Å²) in [5, 5.41) is 3.11. The summed E-state index contributed by atoms with van der Waals surface area (Å²) in [7, 11) is 1.88. The Balaban J connectivity index is 2.07. The number of piperidine rings is 1. The predicted octanol–water partition coefficient (Wildman–Crippen LogP) is 1.14. The molecule has 1 N–H and O–H groups in total. The molecule has 2 fully saturated rings. The Morgan fingerprint density at radius 1 is 1.43 bits per heavy atom. The molecule has 0 aromatic heterocycles. The lowest BCUT2D eigenvalue weighted by atomic mass is 9.76. The number of hydrogen-bond acceptors (Lipinski definition) is 2. The fourth-order valence-corrected chi connectivity index (χ4v) is 2.64. The average molecular weight is 196 g/mol. The molecule has 3 heteroatoms. The molecule has 1 heterocycles. The van der Waals surface area contributed by atoms with Gasteiger partial charge >= 0.3 is 0 Å². The Bertz CT molecular complexity index is 235. The summed E-state index contributed by atoms with van der Waals surface area (Å²) in [6, 6.07) is 0.0705. The molecule has 1 aliphatic carbocycles. The Labute approximate surface area is 85.8 Å². The van der Waals surface area contributed by atoms with E-state index in [0.717, 1.165) is 19.4 Å². The van der Waals surface area contributed by atoms with Gasteiger partial charge in [0.25, 0.3) is 0 Å². The maximum absolute atomic E-state index is 12.1. The van der Waals surface area contributed by atoms with Crippen molar-refractivity contribution < 1.29 is 4.79 Å². The fraction of sp³-hybridized carbons (Fsp3) is 0.909. The van der Waals surface area contributed by atoms with Gasteiger partial charge in [0, 0.05) is 12.1 Å². The quantitative estimate of drug-likeness (QED) is 0.718. The largest absolute Gasteiger partial charge is 0.336 e. The van der Waals surface area contributed by atoms with Crippen molar-refractivity contribution in [2.75, 3.05) is 13.6 Å². The van der Waals surface area contributed by atoms with Gasteiger partial charge in [-0.05, 0) is 46.1 Å². The van der Waals surface area contributed by atoms with Crippen molar-refractivity contribution >= 4 is 5.91 Å². The Morgan fingerprint density at radius 2 is 2.14 bits per heavy atom. The van der Waals surface area contributed by atoms with Crippen LogP contribution in [0, 0.1) is 0 Å². The van der Waals surface area contributed by atoms with E-state index in [4.69, 9.17) is 0 Å². The van der Waals surface area contributed by atoms with E-state index in [-0.39, 0.29) is 11.6 Å². The second-order valence-electron chi connectivity index (χ2n) is 4.82. The third kappa shape index (κ3) is 1.44. The number of amides is 1. The summed E-state index contributed by atoms with van der Waals surface area (Å²) >= 11 is 0. The van der Waals surface area contributed by atoms with E-state index in [9.17, 15) is 4.79 Å². The Morgan fingerprint density at radius 3 is 2.64 bits per heavy atom. The van der Waals surface area contributed by atoms with Crippen LogP contribution < -0.4 is 5.32 Å². The highest BCUT2D eigenvalue weighted by Gasteiger charge is 2.43. The van der Waals surface area contributed by atoms with Gasteiger partial charge in [0.2, 0.25) is 5.91 Å². The molecule has 0 bridgehead atoms. The Hall–Kier alpha value is -0.570. The molecule has 1 unspecified atom stereocenters. The summed E-state index contributed by atoms with van der Waals surface area (Å²) in [5.41, 5.74) is 0.187. The molecular weight excluding hydrogens is 176 g/mol. The van der Waals surface area contributed by atoms with E-state index in [1.807, 2.05) is 7.05 Å². The van der Waals surface area contributed by atoms with E-state index in [1.54, 1.807) is 0 Å². The highest BCUT2D eigenvalue weighted by Crippen LogP contribution is 2.38. The number of nitrogens with one attached hydrogen (secondary N) is 1. The first-order chi connectivity index (χ1) is 6.67. The van der Waals surface area contributed by atoms with Crippen LogP contribution in [-0.2, 0) is 4.79 Å². The summed E-state index contributed by atoms with van der Waals surface area (Å²) in [6.07, 6.45) is 5.81. The van der Waals surface area contributed by atoms with Crippen LogP contribution in [0.25, 0.3) is 0 Å². The van der Waals surface area contributed by atoms with Gasteiger partial charge in [-0.25, -0.2) is 0 Å². The zero-order valence-corrected chi connectivity index (χ0v) is 9.18. The Kier molecular flexibility index (Phi) is 2.52. The van der Waals surface area contributed by atoms with Crippen LogP contribution in [0.5, 0.6) is 0 Å². The minimum absolute atomic E-state index is 0.0705.